The van der Waals surface area contributed by atoms with Gasteiger partial charge in [-0.3, -0.25) is 15.0 Å². The molecule has 6 nitrogen and oxygen atoms in total. The average molecular weight is 365 g/mol. The minimum absolute atomic E-state index is 0.312. The second-order valence-corrected chi connectivity index (χ2v) is 7.03. The van der Waals surface area contributed by atoms with Crippen molar-refractivity contribution >= 4 is 27.5 Å². The maximum Gasteiger partial charge on any atom is 0.281 e. The predicted molar refractivity (Wildman–Crippen MR) is 101 cm³/mol. The van der Waals surface area contributed by atoms with Crippen LogP contribution in [0.5, 0.6) is 0 Å². The number of amides is 1. The van der Waals surface area contributed by atoms with Gasteiger partial charge in [0.1, 0.15) is 16.9 Å². The van der Waals surface area contributed by atoms with E-state index < -0.39 is 5.91 Å². The van der Waals surface area contributed by atoms with E-state index in [0.29, 0.717) is 21.5 Å². The summed E-state index contributed by atoms with van der Waals surface area (Å²) in [6, 6.07) is 11.3. The van der Waals surface area contributed by atoms with Crippen molar-refractivity contribution in [3.63, 3.8) is 0 Å². The minimum Gasteiger partial charge on any atom is -0.469 e. The number of furan rings is 1. The zero-order valence-corrected chi connectivity index (χ0v) is 15.0. The van der Waals surface area contributed by atoms with Crippen molar-refractivity contribution in [3.8, 4) is 11.1 Å². The van der Waals surface area contributed by atoms with Crippen molar-refractivity contribution in [2.24, 2.45) is 0 Å². The summed E-state index contributed by atoms with van der Waals surface area (Å²) in [5, 5.41) is 0.505. The molecule has 1 aromatic carbocycles. The van der Waals surface area contributed by atoms with E-state index in [4.69, 9.17) is 4.42 Å². The first-order chi connectivity index (χ1) is 12.6. The highest BCUT2D eigenvalue weighted by Crippen LogP contribution is 2.35. The number of carbonyl (C=O) groups excluding carboxylic acids is 1. The van der Waals surface area contributed by atoms with Gasteiger partial charge in [-0.05, 0) is 25.5 Å². The number of benzene rings is 1. The van der Waals surface area contributed by atoms with E-state index in [0.717, 1.165) is 20.7 Å². The number of rotatable bonds is 3. The fourth-order valence-corrected chi connectivity index (χ4v) is 3.93. The molecular weight excluding hydrogens is 350 g/mol. The number of nitrogens with zero attached hydrogens (tertiary/aromatic N) is 2. The molecule has 4 rings (SSSR count). The summed E-state index contributed by atoms with van der Waals surface area (Å²) < 4.78 is 6.26. The van der Waals surface area contributed by atoms with Gasteiger partial charge in [0.15, 0.2) is 0 Å². The highest BCUT2D eigenvalue weighted by molar-refractivity contribution is 7.19. The van der Waals surface area contributed by atoms with Gasteiger partial charge in [-0.25, -0.2) is 9.66 Å². The number of hydrogen-bond acceptors (Lipinski definition) is 5. The van der Waals surface area contributed by atoms with Crippen LogP contribution in [0.3, 0.4) is 0 Å². The van der Waals surface area contributed by atoms with Crippen LogP contribution < -0.4 is 11.0 Å². The molecular formula is C19H15N3O3S. The second kappa shape index (κ2) is 6.27. The molecule has 0 saturated carbocycles. The third kappa shape index (κ3) is 2.62. The molecule has 3 heterocycles. The highest BCUT2D eigenvalue weighted by atomic mass is 32.1. The van der Waals surface area contributed by atoms with E-state index in [1.54, 1.807) is 13.0 Å². The van der Waals surface area contributed by atoms with Gasteiger partial charge in [0.05, 0.1) is 17.2 Å². The minimum atomic E-state index is -0.423. The normalized spacial score (nSPS) is 11.0. The van der Waals surface area contributed by atoms with E-state index in [-0.39, 0.29) is 5.56 Å². The van der Waals surface area contributed by atoms with Crippen molar-refractivity contribution in [1.82, 2.24) is 9.66 Å². The molecule has 26 heavy (non-hydrogen) atoms. The Kier molecular flexibility index (Phi) is 3.93. The molecule has 4 aromatic rings. The fraction of sp³-hybridized carbons (Fsp3) is 0.105. The molecule has 7 heteroatoms. The molecule has 0 radical (unpaired) electrons. The maximum absolute atomic E-state index is 13.0. The molecule has 0 unspecified atom stereocenters. The summed E-state index contributed by atoms with van der Waals surface area (Å²) in [7, 11) is 0. The van der Waals surface area contributed by atoms with E-state index in [1.165, 1.54) is 23.9 Å². The fourth-order valence-electron chi connectivity index (χ4n) is 2.92. The zero-order valence-electron chi connectivity index (χ0n) is 14.1. The van der Waals surface area contributed by atoms with Gasteiger partial charge in [-0.15, -0.1) is 11.3 Å². The van der Waals surface area contributed by atoms with Crippen molar-refractivity contribution in [2.45, 2.75) is 13.8 Å². The van der Waals surface area contributed by atoms with Gasteiger partial charge < -0.3 is 4.42 Å². The Morgan fingerprint density at radius 1 is 1.19 bits per heavy atom. The Bertz CT molecular complexity index is 1170. The summed E-state index contributed by atoms with van der Waals surface area (Å²) in [5.41, 5.74) is 4.45. The molecule has 0 aliphatic heterocycles. The third-order valence-electron chi connectivity index (χ3n) is 4.18. The Hall–Kier alpha value is -3.19. The topological polar surface area (TPSA) is 77.1 Å². The van der Waals surface area contributed by atoms with E-state index in [1.807, 2.05) is 37.3 Å². The largest absolute Gasteiger partial charge is 0.469 e. The summed E-state index contributed by atoms with van der Waals surface area (Å²) in [4.78, 5) is 31.4. The summed E-state index contributed by atoms with van der Waals surface area (Å²) in [6.45, 7) is 3.65. The SMILES string of the molecule is Cc1occc1C(=O)Nn1cnc2sc(C)c(-c3ccccc3)c2c1=O. The van der Waals surface area contributed by atoms with Gasteiger partial charge >= 0.3 is 0 Å². The lowest BCUT2D eigenvalue weighted by Crippen LogP contribution is -2.33. The molecule has 1 N–H and O–H groups in total. The van der Waals surface area contributed by atoms with Crippen LogP contribution in [0.4, 0.5) is 0 Å². The molecule has 3 aromatic heterocycles. The molecule has 1 amide bonds. The summed E-state index contributed by atoms with van der Waals surface area (Å²) in [5.74, 6) is 0.0636. The van der Waals surface area contributed by atoms with Crippen LogP contribution in [0.25, 0.3) is 21.3 Å². The first kappa shape index (κ1) is 16.3. The lowest BCUT2D eigenvalue weighted by atomic mass is 10.0. The molecule has 130 valence electrons. The van der Waals surface area contributed by atoms with Crippen molar-refractivity contribution in [2.75, 3.05) is 5.43 Å². The van der Waals surface area contributed by atoms with Crippen LogP contribution in [0.1, 0.15) is 21.0 Å². The van der Waals surface area contributed by atoms with Gasteiger partial charge in [0.25, 0.3) is 11.5 Å². The zero-order chi connectivity index (χ0) is 18.3. The monoisotopic (exact) mass is 365 g/mol. The number of carbonyl (C=O) groups is 1. The van der Waals surface area contributed by atoms with Gasteiger partial charge in [0.2, 0.25) is 0 Å². The molecule has 0 fully saturated rings. The summed E-state index contributed by atoms with van der Waals surface area (Å²) >= 11 is 1.46. The van der Waals surface area contributed by atoms with E-state index in [9.17, 15) is 9.59 Å². The molecule has 0 aliphatic rings. The van der Waals surface area contributed by atoms with Gasteiger partial charge in [-0.2, -0.15) is 0 Å². The molecule has 0 aliphatic carbocycles. The number of thiophene rings is 1. The lowest BCUT2D eigenvalue weighted by Gasteiger charge is -2.08. The highest BCUT2D eigenvalue weighted by Gasteiger charge is 2.18. The molecule has 0 saturated heterocycles. The first-order valence-electron chi connectivity index (χ1n) is 7.98. The quantitative estimate of drug-likeness (QED) is 0.600. The van der Waals surface area contributed by atoms with Gasteiger partial charge in [-0.1, -0.05) is 30.3 Å². The summed E-state index contributed by atoms with van der Waals surface area (Å²) in [6.07, 6.45) is 2.77. The number of hydrogen-bond donors (Lipinski definition) is 1. The number of fused-ring (bicyclic) bond motifs is 1. The Morgan fingerprint density at radius 2 is 1.96 bits per heavy atom. The Labute approximate surface area is 152 Å². The van der Waals surface area contributed by atoms with E-state index >= 15 is 0 Å². The van der Waals surface area contributed by atoms with Crippen LogP contribution >= 0.6 is 11.3 Å². The van der Waals surface area contributed by atoms with Crippen molar-refractivity contribution < 1.29 is 9.21 Å². The predicted octanol–water partition coefficient (Wildman–Crippen LogP) is 3.72. The molecule has 0 spiro atoms. The number of nitrogens with one attached hydrogen (secondary N) is 1. The first-order valence-corrected chi connectivity index (χ1v) is 8.79. The van der Waals surface area contributed by atoms with Gasteiger partial charge in [0, 0.05) is 10.4 Å². The van der Waals surface area contributed by atoms with Crippen molar-refractivity contribution in [1.29, 1.82) is 0 Å². The maximum atomic E-state index is 13.0. The lowest BCUT2D eigenvalue weighted by molar-refractivity contribution is 0.101. The molecule has 0 atom stereocenters. The van der Waals surface area contributed by atoms with Crippen molar-refractivity contribution in [3.05, 3.63) is 75.5 Å². The number of aryl methyl sites for hydroxylation is 2. The van der Waals surface area contributed by atoms with Crippen LogP contribution in [0.2, 0.25) is 0 Å². The second-order valence-electron chi connectivity index (χ2n) is 5.83. The van der Waals surface area contributed by atoms with E-state index in [2.05, 4.69) is 10.4 Å². The Balaban J connectivity index is 1.84. The van der Waals surface area contributed by atoms with Crippen LogP contribution in [-0.4, -0.2) is 15.6 Å². The number of aromatic nitrogens is 2. The standard InChI is InChI=1S/C19H15N3O3S/c1-11-14(8-9-25-11)17(23)21-22-10-20-18-16(19(22)24)15(12(2)26-18)13-6-4-3-5-7-13/h3-10H,1-2H3,(H,21,23). The smallest absolute Gasteiger partial charge is 0.281 e. The third-order valence-corrected chi connectivity index (χ3v) is 5.19. The van der Waals surface area contributed by atoms with Crippen LogP contribution in [0, 0.1) is 13.8 Å². The van der Waals surface area contributed by atoms with Crippen LogP contribution in [-0.2, 0) is 0 Å². The molecule has 0 bridgehead atoms. The van der Waals surface area contributed by atoms with Crippen LogP contribution in [0.15, 0.2) is 58.2 Å². The Morgan fingerprint density at radius 3 is 2.65 bits per heavy atom. The average Bonchev–Trinajstić information content (AvgIpc) is 3.21.